The third-order valence-electron chi connectivity index (χ3n) is 7.75. The number of carbonyl (C=O) groups excluding carboxylic acids is 1. The Kier molecular flexibility index (Phi) is 9.70. The average molecular weight is 652 g/mol. The quantitative estimate of drug-likeness (QED) is 0.281. The summed E-state index contributed by atoms with van der Waals surface area (Å²) in [6.45, 7) is 1.68. The van der Waals surface area contributed by atoms with Gasteiger partial charge in [-0.2, -0.15) is 44.3 Å². The van der Waals surface area contributed by atoms with Crippen molar-refractivity contribution in [2.45, 2.75) is 63.8 Å². The maximum atomic E-state index is 13.9. The van der Waals surface area contributed by atoms with E-state index in [9.17, 15) is 44.3 Å². The Morgan fingerprint density at radius 3 is 1.96 bits per heavy atom. The molecule has 45 heavy (non-hydrogen) atoms. The van der Waals surface area contributed by atoms with Gasteiger partial charge in [0.25, 0.3) is 5.95 Å². The Morgan fingerprint density at radius 2 is 1.49 bits per heavy atom. The van der Waals surface area contributed by atoms with Gasteiger partial charge in [0.2, 0.25) is 5.91 Å². The lowest BCUT2D eigenvalue weighted by Crippen LogP contribution is -2.40. The summed E-state index contributed by atoms with van der Waals surface area (Å²) in [5.74, 6) is -0.992. The molecule has 2 heterocycles. The second kappa shape index (κ2) is 12.8. The number of aromatic nitrogens is 4. The minimum atomic E-state index is -5.10. The number of primary amides is 1. The van der Waals surface area contributed by atoms with Crippen LogP contribution in [0.25, 0.3) is 0 Å². The Bertz CT molecular complexity index is 1460. The van der Waals surface area contributed by atoms with Crippen molar-refractivity contribution in [3.63, 3.8) is 0 Å². The first-order valence-corrected chi connectivity index (χ1v) is 13.9. The van der Waals surface area contributed by atoms with Gasteiger partial charge in [-0.1, -0.05) is 18.1 Å². The highest BCUT2D eigenvalue weighted by Gasteiger charge is 2.38. The van der Waals surface area contributed by atoms with Crippen LogP contribution in [0.15, 0.2) is 36.4 Å². The van der Waals surface area contributed by atoms with Crippen molar-refractivity contribution in [3.8, 4) is 0 Å². The van der Waals surface area contributed by atoms with Crippen LogP contribution in [-0.4, -0.2) is 44.1 Å². The van der Waals surface area contributed by atoms with Gasteiger partial charge in [-0.05, 0) is 84.6 Å². The zero-order valence-electron chi connectivity index (χ0n) is 24.1. The fraction of sp³-hybridized carbons (Fsp3) is 0.500. The molecule has 1 aromatic heterocycles. The fourth-order valence-electron chi connectivity index (χ4n) is 5.55. The number of likely N-dealkylation sites (tertiary alicyclic amines) is 1. The van der Waals surface area contributed by atoms with Crippen LogP contribution in [0.5, 0.6) is 0 Å². The number of amides is 1. The number of carbonyl (C=O) groups is 1. The van der Waals surface area contributed by atoms with E-state index in [0.29, 0.717) is 50.0 Å². The van der Waals surface area contributed by atoms with E-state index >= 15 is 0 Å². The predicted octanol–water partition coefficient (Wildman–Crippen LogP) is 6.12. The lowest BCUT2D eigenvalue weighted by Gasteiger charge is -2.38. The lowest BCUT2D eigenvalue weighted by atomic mass is 9.90. The van der Waals surface area contributed by atoms with Crippen molar-refractivity contribution in [2.75, 3.05) is 18.0 Å². The molecule has 2 N–H and O–H groups in total. The third-order valence-corrected chi connectivity index (χ3v) is 7.75. The molecule has 0 radical (unpaired) electrons. The molecular formula is C28H30F9N7O. The predicted molar refractivity (Wildman–Crippen MR) is 143 cm³/mol. The molecule has 1 saturated heterocycles. The summed E-state index contributed by atoms with van der Waals surface area (Å²) >= 11 is 0. The maximum absolute atomic E-state index is 13.9. The van der Waals surface area contributed by atoms with Crippen molar-refractivity contribution in [1.82, 2.24) is 25.1 Å². The number of aryl methyl sites for hydroxylation is 1. The van der Waals surface area contributed by atoms with Gasteiger partial charge in [0.05, 0.1) is 23.7 Å². The van der Waals surface area contributed by atoms with Gasteiger partial charge in [0.1, 0.15) is 0 Å². The van der Waals surface area contributed by atoms with Crippen LogP contribution in [0.1, 0.15) is 65.6 Å². The third kappa shape index (κ3) is 8.23. The van der Waals surface area contributed by atoms with Gasteiger partial charge in [0, 0.05) is 25.0 Å². The number of benzene rings is 2. The normalized spacial score (nSPS) is 16.2. The molecule has 1 atom stereocenters. The lowest BCUT2D eigenvalue weighted by molar-refractivity contribution is -0.143. The molecule has 2 aromatic carbocycles. The smallest absolute Gasteiger partial charge is 0.369 e. The summed E-state index contributed by atoms with van der Waals surface area (Å²) in [7, 11) is 1.37. The number of hydrogen-bond acceptors (Lipinski definition) is 6. The van der Waals surface area contributed by atoms with Crippen LogP contribution in [0.4, 0.5) is 45.5 Å². The number of anilines is 1. The summed E-state index contributed by atoms with van der Waals surface area (Å²) in [6, 6.07) is 3.81. The number of hydrogen-bond donors (Lipinski definition) is 1. The second-order valence-electron chi connectivity index (χ2n) is 10.9. The molecule has 0 saturated carbocycles. The monoisotopic (exact) mass is 651 g/mol. The van der Waals surface area contributed by atoms with Crippen molar-refractivity contribution in [2.24, 2.45) is 18.7 Å². The zero-order valence-corrected chi connectivity index (χ0v) is 24.1. The minimum absolute atomic E-state index is 0.00737. The average Bonchev–Trinajstić information content (AvgIpc) is 3.38. The Hall–Kier alpha value is -3.89. The molecule has 0 aliphatic carbocycles. The van der Waals surface area contributed by atoms with E-state index in [1.54, 1.807) is 0 Å². The number of nitrogens with zero attached hydrogens (tertiary/aromatic N) is 6. The minimum Gasteiger partial charge on any atom is -0.369 e. The Morgan fingerprint density at radius 1 is 0.911 bits per heavy atom. The van der Waals surface area contributed by atoms with Crippen LogP contribution in [0.2, 0.25) is 0 Å². The molecule has 0 spiro atoms. The van der Waals surface area contributed by atoms with Crippen LogP contribution in [-0.2, 0) is 43.5 Å². The summed E-state index contributed by atoms with van der Waals surface area (Å²) in [4.78, 5) is 15.9. The molecule has 3 aromatic rings. The first-order valence-electron chi connectivity index (χ1n) is 13.9. The van der Waals surface area contributed by atoms with Crippen molar-refractivity contribution in [1.29, 1.82) is 0 Å². The summed E-state index contributed by atoms with van der Waals surface area (Å²) in [6.07, 6.45) is -13.6. The highest BCUT2D eigenvalue weighted by atomic mass is 19.4. The molecule has 0 bridgehead atoms. The molecule has 246 valence electrons. The van der Waals surface area contributed by atoms with E-state index in [4.69, 9.17) is 5.73 Å². The molecule has 1 amide bonds. The SMILES string of the molecule is CCC(c1ccc(C(F)(F)F)cc1CN(Cc1cc(C(F)(F)F)cc(C(F)(F)F)c1)c1nnn(C)n1)N1CCC(C(N)=O)CC1. The Balaban J connectivity index is 1.79. The van der Waals surface area contributed by atoms with Gasteiger partial charge >= 0.3 is 18.5 Å². The number of nitrogens with two attached hydrogens (primary N) is 1. The molecule has 1 unspecified atom stereocenters. The molecule has 1 aliphatic rings. The van der Waals surface area contributed by atoms with E-state index < -0.39 is 65.8 Å². The number of halogens is 9. The summed E-state index contributed by atoms with van der Waals surface area (Å²) < 4.78 is 123. The second-order valence-corrected chi connectivity index (χ2v) is 10.9. The highest BCUT2D eigenvalue weighted by Crippen LogP contribution is 2.39. The van der Waals surface area contributed by atoms with Gasteiger partial charge in [0.15, 0.2) is 0 Å². The van der Waals surface area contributed by atoms with Crippen LogP contribution < -0.4 is 10.6 Å². The summed E-state index contributed by atoms with van der Waals surface area (Å²) in [5.41, 5.74) is 1.54. The number of alkyl halides is 9. The molecule has 8 nitrogen and oxygen atoms in total. The molecular weight excluding hydrogens is 621 g/mol. The molecule has 1 aliphatic heterocycles. The van der Waals surface area contributed by atoms with Crippen molar-refractivity contribution >= 4 is 11.9 Å². The van der Waals surface area contributed by atoms with Crippen LogP contribution in [0.3, 0.4) is 0 Å². The maximum Gasteiger partial charge on any atom is 0.416 e. The van der Waals surface area contributed by atoms with Gasteiger partial charge in [-0.25, -0.2) is 0 Å². The van der Waals surface area contributed by atoms with E-state index in [1.807, 2.05) is 11.8 Å². The molecule has 4 rings (SSSR count). The van der Waals surface area contributed by atoms with Gasteiger partial charge in [-0.15, -0.1) is 5.10 Å². The largest absolute Gasteiger partial charge is 0.416 e. The van der Waals surface area contributed by atoms with E-state index in [-0.39, 0.29) is 23.5 Å². The number of piperidine rings is 1. The molecule has 1 fully saturated rings. The van der Waals surface area contributed by atoms with Gasteiger partial charge in [-0.3, -0.25) is 9.69 Å². The molecule has 17 heteroatoms. The van der Waals surface area contributed by atoms with E-state index in [0.717, 1.165) is 16.9 Å². The topological polar surface area (TPSA) is 93.2 Å². The number of tetrazole rings is 1. The van der Waals surface area contributed by atoms with Crippen molar-refractivity contribution < 1.29 is 44.3 Å². The van der Waals surface area contributed by atoms with Crippen LogP contribution >= 0.6 is 0 Å². The van der Waals surface area contributed by atoms with E-state index in [2.05, 4.69) is 15.4 Å². The van der Waals surface area contributed by atoms with Crippen LogP contribution in [0, 0.1) is 5.92 Å². The first-order chi connectivity index (χ1) is 20.9. The number of rotatable bonds is 9. The highest BCUT2D eigenvalue weighted by molar-refractivity contribution is 5.76. The summed E-state index contributed by atoms with van der Waals surface area (Å²) in [5, 5.41) is 11.6. The fourth-order valence-corrected chi connectivity index (χ4v) is 5.55. The first kappa shape index (κ1) is 34.0. The van der Waals surface area contributed by atoms with Crippen molar-refractivity contribution in [3.05, 3.63) is 69.8 Å². The van der Waals surface area contributed by atoms with E-state index in [1.165, 1.54) is 18.0 Å². The Labute approximate surface area is 252 Å². The van der Waals surface area contributed by atoms with Gasteiger partial charge < -0.3 is 10.6 Å². The zero-order chi connectivity index (χ0) is 33.3. The standard InChI is InChI=1S/C28H30F9N7O/c1-3-23(43-8-6-17(7-9-43)24(38)45)22-5-4-19(26(29,30)31)12-18(22)15-44(25-39-41-42(2)40-25)14-16-10-20(27(32,33)34)13-21(11-16)28(35,36)37/h4-5,10-13,17,23H,3,6-9,14-15H2,1-2H3,(H2,38,45).